The van der Waals surface area contributed by atoms with Gasteiger partial charge in [0.2, 0.25) is 0 Å². The van der Waals surface area contributed by atoms with E-state index >= 15 is 0 Å². The van der Waals surface area contributed by atoms with Crippen LogP contribution in [0, 0.1) is 6.08 Å². The Hall–Kier alpha value is -1.30. The fourth-order valence-corrected chi connectivity index (χ4v) is 2.84. The quantitative estimate of drug-likeness (QED) is 0.489. The molecule has 3 aromatic rings. The summed E-state index contributed by atoms with van der Waals surface area (Å²) in [6.07, 6.45) is 6.47. The summed E-state index contributed by atoms with van der Waals surface area (Å²) in [6, 6.07) is 21.1. The summed E-state index contributed by atoms with van der Waals surface area (Å²) in [6.45, 7) is 0. The Morgan fingerprint density at radius 3 is 2.48 bits per heavy atom. The van der Waals surface area contributed by atoms with Gasteiger partial charge in [0.1, 0.15) is 0 Å². The molecule has 1 nitrogen and oxygen atoms in total. The van der Waals surface area contributed by atoms with Crippen LogP contribution < -0.4 is 24.8 Å². The van der Waals surface area contributed by atoms with Crippen molar-refractivity contribution in [1.29, 1.82) is 0 Å². The van der Waals surface area contributed by atoms with Crippen LogP contribution in [-0.2, 0) is 23.8 Å². The number of nitrogens with zero attached hydrogens (tertiary/aromatic N) is 1. The Balaban J connectivity index is 0.000000882. The molecule has 4 heteroatoms. The molecule has 0 amide bonds. The van der Waals surface area contributed by atoms with Crippen molar-refractivity contribution in [2.45, 2.75) is 12.3 Å². The largest absolute Gasteiger partial charge is 3.00 e. The van der Waals surface area contributed by atoms with Crippen LogP contribution in [-0.4, -0.2) is 4.98 Å². The van der Waals surface area contributed by atoms with Crippen LogP contribution in [0.4, 0.5) is 0 Å². The zero-order chi connectivity index (χ0) is 13.4. The Labute approximate surface area is 159 Å². The third kappa shape index (κ3) is 3.97. The van der Waals surface area contributed by atoms with Crippen molar-refractivity contribution in [2.24, 2.45) is 0 Å². The van der Waals surface area contributed by atoms with Crippen molar-refractivity contribution in [2.75, 3.05) is 0 Å². The van der Waals surface area contributed by atoms with Crippen molar-refractivity contribution in [1.82, 2.24) is 4.98 Å². The van der Waals surface area contributed by atoms with Gasteiger partial charge >= 0.3 is 17.4 Å². The van der Waals surface area contributed by atoms with Gasteiger partial charge < -0.3 is 24.8 Å². The molecule has 0 spiro atoms. The van der Waals surface area contributed by atoms with Crippen LogP contribution in [0.2, 0.25) is 0 Å². The molecule has 1 radical (unpaired) electrons. The van der Waals surface area contributed by atoms with Gasteiger partial charge in [0.25, 0.3) is 0 Å². The Morgan fingerprint density at radius 2 is 1.61 bits per heavy atom. The van der Waals surface area contributed by atoms with Crippen molar-refractivity contribution in [3.05, 3.63) is 83.6 Å². The predicted octanol–water partition coefficient (Wildman–Crippen LogP) is -1.60. The van der Waals surface area contributed by atoms with Crippen LogP contribution in [0.15, 0.2) is 60.7 Å². The first-order chi connectivity index (χ1) is 9.90. The van der Waals surface area contributed by atoms with Crippen molar-refractivity contribution in [3.63, 3.8) is 0 Å². The Morgan fingerprint density at radius 1 is 0.870 bits per heavy atom. The van der Waals surface area contributed by atoms with Gasteiger partial charge in [-0.2, -0.15) is 5.56 Å². The van der Waals surface area contributed by atoms with Gasteiger partial charge in [-0.15, -0.1) is 11.6 Å². The number of hydrogen-bond donors (Lipinski definition) is 0. The molecule has 1 heterocycles. The zero-order valence-corrected chi connectivity index (χ0v) is 15.0. The minimum absolute atomic E-state index is 0. The van der Waals surface area contributed by atoms with Crippen LogP contribution >= 0.6 is 0 Å². The minimum Gasteiger partial charge on any atom is -1.00 e. The summed E-state index contributed by atoms with van der Waals surface area (Å²) >= 11 is 0. The third-order valence-electron chi connectivity index (χ3n) is 3.88. The molecule has 0 fully saturated rings. The molecule has 4 rings (SSSR count). The second-order valence-corrected chi connectivity index (χ2v) is 5.19. The maximum absolute atomic E-state index is 4.76. The zero-order valence-electron chi connectivity index (χ0n) is 12.2. The third-order valence-corrected chi connectivity index (χ3v) is 3.88. The molecule has 115 valence electrons. The van der Waals surface area contributed by atoms with Crippen molar-refractivity contribution in [3.8, 4) is 0 Å². The number of benzene rings is 2. The van der Waals surface area contributed by atoms with E-state index in [2.05, 4.69) is 60.7 Å². The number of para-hydroxylation sites is 1. The van der Waals surface area contributed by atoms with E-state index in [-0.39, 0.29) is 42.2 Å². The van der Waals surface area contributed by atoms with E-state index in [4.69, 9.17) is 4.98 Å². The number of hydrogen-bond acceptors (Lipinski definition) is 1. The summed E-state index contributed by atoms with van der Waals surface area (Å²) < 4.78 is 0. The maximum atomic E-state index is 4.76. The van der Waals surface area contributed by atoms with E-state index in [1.54, 1.807) is 0 Å². The van der Waals surface area contributed by atoms with Gasteiger partial charge in [-0.05, 0) is 18.6 Å². The van der Waals surface area contributed by atoms with E-state index in [1.807, 2.05) is 12.1 Å². The second kappa shape index (κ2) is 8.53. The molecule has 1 aliphatic carbocycles. The molecular formula is C19H14Cl2CrN. The summed E-state index contributed by atoms with van der Waals surface area (Å²) in [7, 11) is 0. The van der Waals surface area contributed by atoms with Crippen LogP contribution in [0.3, 0.4) is 0 Å². The first-order valence-electron chi connectivity index (χ1n) is 6.93. The number of allylic oxidation sites excluding steroid dienone is 1. The second-order valence-electron chi connectivity index (χ2n) is 5.19. The number of pyridine rings is 1. The molecule has 0 N–H and O–H groups in total. The molecule has 1 atom stereocenters. The van der Waals surface area contributed by atoms with Gasteiger partial charge in [-0.3, -0.25) is 11.1 Å². The summed E-state index contributed by atoms with van der Waals surface area (Å²) in [5.41, 5.74) is 4.85. The number of aromatic nitrogens is 1. The maximum Gasteiger partial charge on any atom is 3.00 e. The average Bonchev–Trinajstić information content (AvgIpc) is 2.91. The smallest absolute Gasteiger partial charge is 1.00 e. The first kappa shape index (κ1) is 19.7. The molecule has 0 bridgehead atoms. The van der Waals surface area contributed by atoms with E-state index in [0.717, 1.165) is 17.6 Å². The van der Waals surface area contributed by atoms with E-state index in [0.29, 0.717) is 5.92 Å². The fourth-order valence-electron chi connectivity index (χ4n) is 2.84. The molecular weight excluding hydrogens is 365 g/mol. The van der Waals surface area contributed by atoms with Crippen LogP contribution in [0.5, 0.6) is 0 Å². The van der Waals surface area contributed by atoms with Gasteiger partial charge in [0.05, 0.1) is 5.52 Å². The van der Waals surface area contributed by atoms with Gasteiger partial charge in [-0.25, -0.2) is 6.08 Å². The summed E-state index contributed by atoms with van der Waals surface area (Å²) in [4.78, 5) is 4.76. The van der Waals surface area contributed by atoms with Crippen molar-refractivity contribution >= 4 is 17.0 Å². The number of halogens is 2. The topological polar surface area (TPSA) is 12.9 Å². The molecule has 2 aromatic carbocycles. The predicted molar refractivity (Wildman–Crippen MR) is 82.3 cm³/mol. The van der Waals surface area contributed by atoms with E-state index in [1.165, 1.54) is 16.5 Å². The fraction of sp³-hybridized carbons (Fsp3) is 0.105. The monoisotopic (exact) mass is 378 g/mol. The molecule has 1 unspecified atom stereocenters. The standard InChI is InChI=1S/C19H14N.2ClH.Cr/c1-3-7-18-14(5-1)9-10-16(18)13-17-12-11-15-6-2-4-8-19(15)20-17;;;/h1-9,11-12,16H,13H2;2*1H;/q-1;;;+3/p-2. The molecule has 23 heavy (non-hydrogen) atoms. The minimum atomic E-state index is 0. The molecule has 0 saturated heterocycles. The molecule has 1 aliphatic rings. The SMILES string of the molecule is [C-]1=Cc2ccccc2C1Cc1ccc2ccccc2n1.[Cl-].[Cl-].[Cr+3]. The van der Waals surface area contributed by atoms with Gasteiger partial charge in [0, 0.05) is 11.1 Å². The van der Waals surface area contributed by atoms with E-state index in [9.17, 15) is 0 Å². The van der Waals surface area contributed by atoms with Crippen LogP contribution in [0.25, 0.3) is 17.0 Å². The average molecular weight is 379 g/mol. The summed E-state index contributed by atoms with van der Waals surface area (Å²) in [5, 5.41) is 1.20. The van der Waals surface area contributed by atoms with Gasteiger partial charge in [0.15, 0.2) is 0 Å². The number of fused-ring (bicyclic) bond motifs is 2. The number of rotatable bonds is 2. The van der Waals surface area contributed by atoms with Crippen LogP contribution in [0.1, 0.15) is 22.7 Å². The summed E-state index contributed by atoms with van der Waals surface area (Å²) in [5.74, 6) is 0.333. The normalized spacial score (nSPS) is 14.3. The molecule has 1 aromatic heterocycles. The Kier molecular flexibility index (Phi) is 7.32. The Bertz CT molecular complexity index is 817. The van der Waals surface area contributed by atoms with Crippen molar-refractivity contribution < 1.29 is 42.2 Å². The first-order valence-corrected chi connectivity index (χ1v) is 6.93. The van der Waals surface area contributed by atoms with Gasteiger partial charge in [-0.1, -0.05) is 48.4 Å². The molecule has 0 saturated carbocycles. The van der Waals surface area contributed by atoms with E-state index < -0.39 is 0 Å². The molecule has 0 aliphatic heterocycles.